The van der Waals surface area contributed by atoms with Crippen molar-refractivity contribution in [2.45, 2.75) is 63.8 Å². The van der Waals surface area contributed by atoms with E-state index < -0.39 is 0 Å². The third-order valence-corrected chi connectivity index (χ3v) is 6.99. The molecule has 2 atom stereocenters. The van der Waals surface area contributed by atoms with Gasteiger partial charge in [-0.3, -0.25) is 4.79 Å². The number of piperidine rings is 1. The molecule has 0 unspecified atom stereocenters. The maximum absolute atomic E-state index is 13.2. The number of aliphatic hydroxyl groups excluding tert-OH is 1. The van der Waals surface area contributed by atoms with Gasteiger partial charge >= 0.3 is 0 Å². The molecule has 2 fully saturated rings. The Bertz CT molecular complexity index is 939. The van der Waals surface area contributed by atoms with E-state index in [1.165, 1.54) is 5.56 Å². The van der Waals surface area contributed by atoms with E-state index in [1.54, 1.807) is 0 Å². The zero-order valence-corrected chi connectivity index (χ0v) is 20.4. The number of rotatable bonds is 8. The van der Waals surface area contributed by atoms with E-state index in [-0.39, 0.29) is 30.3 Å². The highest BCUT2D eigenvalue weighted by Crippen LogP contribution is 2.44. The highest BCUT2D eigenvalue weighted by molar-refractivity contribution is 5.94. The van der Waals surface area contributed by atoms with Gasteiger partial charge in [0, 0.05) is 51.1 Å². The normalized spacial score (nSPS) is 22.0. The quantitative estimate of drug-likeness (QED) is 0.571. The molecule has 184 valence electrons. The third-order valence-electron chi connectivity index (χ3n) is 6.99. The molecule has 4 rings (SSSR count). The standard InChI is InChI=1S/C28H37NO5/c1-3-32-24-19-26(22-8-5-4-6-9-22)34-28(20-24)12-14-29(15-13-28)27(31)23-10-11-25(21(2)18-23)33-17-7-16-30/h4-6,8-11,18,24,26,30H,3,7,12-17,19-20H2,1-2H3/t24-,26-/m0/s1. The molecule has 1 spiro atoms. The number of hydrogen-bond acceptors (Lipinski definition) is 5. The number of aryl methyl sites for hydroxylation is 1. The van der Waals surface area contributed by atoms with Crippen LogP contribution < -0.4 is 4.74 Å². The minimum Gasteiger partial charge on any atom is -0.493 e. The van der Waals surface area contributed by atoms with Crippen molar-refractivity contribution in [3.63, 3.8) is 0 Å². The first-order chi connectivity index (χ1) is 16.5. The first kappa shape index (κ1) is 24.7. The van der Waals surface area contributed by atoms with Gasteiger partial charge in [-0.05, 0) is 56.0 Å². The molecule has 2 aliphatic rings. The first-order valence-corrected chi connectivity index (χ1v) is 12.5. The zero-order chi connectivity index (χ0) is 24.0. The van der Waals surface area contributed by atoms with Crippen LogP contribution in [-0.2, 0) is 9.47 Å². The lowest BCUT2D eigenvalue weighted by atomic mass is 9.80. The summed E-state index contributed by atoms with van der Waals surface area (Å²) >= 11 is 0. The van der Waals surface area contributed by atoms with Gasteiger partial charge in [0.15, 0.2) is 0 Å². The van der Waals surface area contributed by atoms with E-state index in [2.05, 4.69) is 24.3 Å². The van der Waals surface area contributed by atoms with Gasteiger partial charge in [-0.15, -0.1) is 0 Å². The molecular weight excluding hydrogens is 430 g/mol. The fourth-order valence-electron chi connectivity index (χ4n) is 5.18. The zero-order valence-electron chi connectivity index (χ0n) is 20.4. The van der Waals surface area contributed by atoms with Gasteiger partial charge in [0.05, 0.1) is 24.4 Å². The lowest BCUT2D eigenvalue weighted by Crippen LogP contribution is -2.52. The summed E-state index contributed by atoms with van der Waals surface area (Å²) in [5, 5.41) is 8.93. The summed E-state index contributed by atoms with van der Waals surface area (Å²) in [7, 11) is 0. The van der Waals surface area contributed by atoms with Crippen LogP contribution >= 0.6 is 0 Å². The predicted octanol–water partition coefficient (Wildman–Crippen LogP) is 4.69. The lowest BCUT2D eigenvalue weighted by Gasteiger charge is -2.48. The number of benzene rings is 2. The second-order valence-corrected chi connectivity index (χ2v) is 9.42. The smallest absolute Gasteiger partial charge is 0.253 e. The molecule has 6 heteroatoms. The van der Waals surface area contributed by atoms with E-state index >= 15 is 0 Å². The van der Waals surface area contributed by atoms with Crippen molar-refractivity contribution in [3.05, 3.63) is 65.2 Å². The van der Waals surface area contributed by atoms with Crippen LogP contribution in [0.2, 0.25) is 0 Å². The van der Waals surface area contributed by atoms with E-state index in [0.717, 1.165) is 37.0 Å². The Kier molecular flexibility index (Phi) is 8.24. The molecule has 2 saturated heterocycles. The van der Waals surface area contributed by atoms with Crippen molar-refractivity contribution >= 4 is 5.91 Å². The summed E-state index contributed by atoms with van der Waals surface area (Å²) < 4.78 is 18.5. The highest BCUT2D eigenvalue weighted by atomic mass is 16.5. The number of carbonyl (C=O) groups excluding carboxylic acids is 1. The highest BCUT2D eigenvalue weighted by Gasteiger charge is 2.45. The molecule has 1 amide bonds. The molecule has 0 aliphatic carbocycles. The van der Waals surface area contributed by atoms with Crippen LogP contribution in [0.25, 0.3) is 0 Å². The molecule has 0 aromatic heterocycles. The largest absolute Gasteiger partial charge is 0.493 e. The number of amides is 1. The fraction of sp³-hybridized carbons (Fsp3) is 0.536. The molecule has 2 aliphatic heterocycles. The van der Waals surface area contributed by atoms with Crippen LogP contribution in [0, 0.1) is 6.92 Å². The van der Waals surface area contributed by atoms with Crippen molar-refractivity contribution in [2.24, 2.45) is 0 Å². The SMILES string of the molecule is CCO[C@H]1C[C@@H](c2ccccc2)OC2(CCN(C(=O)c3ccc(OCCCO)c(C)c3)CC2)C1. The Morgan fingerprint density at radius 3 is 2.62 bits per heavy atom. The van der Waals surface area contributed by atoms with Crippen LogP contribution in [0.3, 0.4) is 0 Å². The number of hydrogen-bond donors (Lipinski definition) is 1. The van der Waals surface area contributed by atoms with Crippen molar-refractivity contribution in [1.29, 1.82) is 0 Å². The maximum Gasteiger partial charge on any atom is 0.253 e. The summed E-state index contributed by atoms with van der Waals surface area (Å²) in [6, 6.07) is 16.0. The van der Waals surface area contributed by atoms with Gasteiger partial charge < -0.3 is 24.2 Å². The topological polar surface area (TPSA) is 68.2 Å². The van der Waals surface area contributed by atoms with Crippen molar-refractivity contribution in [3.8, 4) is 5.75 Å². The third kappa shape index (κ3) is 5.80. The van der Waals surface area contributed by atoms with Crippen molar-refractivity contribution in [2.75, 3.05) is 32.9 Å². The molecule has 2 heterocycles. The maximum atomic E-state index is 13.2. The summed E-state index contributed by atoms with van der Waals surface area (Å²) in [6.07, 6.45) is 4.16. The summed E-state index contributed by atoms with van der Waals surface area (Å²) in [6.45, 7) is 6.61. The molecule has 6 nitrogen and oxygen atoms in total. The van der Waals surface area contributed by atoms with Crippen molar-refractivity contribution < 1.29 is 24.1 Å². The Labute approximate surface area is 202 Å². The first-order valence-electron chi connectivity index (χ1n) is 12.5. The predicted molar refractivity (Wildman–Crippen MR) is 131 cm³/mol. The summed E-state index contributed by atoms with van der Waals surface area (Å²) in [5.41, 5.74) is 2.55. The van der Waals surface area contributed by atoms with Crippen LogP contribution in [0.1, 0.15) is 66.6 Å². The number of carbonyl (C=O) groups is 1. The molecule has 0 saturated carbocycles. The number of nitrogens with zero attached hydrogens (tertiary/aromatic N) is 1. The van der Waals surface area contributed by atoms with Crippen molar-refractivity contribution in [1.82, 2.24) is 4.90 Å². The number of likely N-dealkylation sites (tertiary alicyclic amines) is 1. The van der Waals surface area contributed by atoms with Gasteiger partial charge in [-0.2, -0.15) is 0 Å². The second-order valence-electron chi connectivity index (χ2n) is 9.42. The monoisotopic (exact) mass is 467 g/mol. The summed E-state index contributed by atoms with van der Waals surface area (Å²) in [4.78, 5) is 15.2. The van der Waals surface area contributed by atoms with Crippen LogP contribution in [0.4, 0.5) is 0 Å². The molecule has 34 heavy (non-hydrogen) atoms. The Hall–Kier alpha value is -2.41. The van der Waals surface area contributed by atoms with Crippen LogP contribution in [0.15, 0.2) is 48.5 Å². The van der Waals surface area contributed by atoms with E-state index in [9.17, 15) is 4.79 Å². The number of aliphatic hydroxyl groups is 1. The van der Waals surface area contributed by atoms with Gasteiger partial charge in [-0.25, -0.2) is 0 Å². The lowest BCUT2D eigenvalue weighted by molar-refractivity contribution is -0.190. The minimum atomic E-state index is -0.254. The molecular formula is C28H37NO5. The molecule has 2 aromatic rings. The average Bonchev–Trinajstić information content (AvgIpc) is 2.86. The Morgan fingerprint density at radius 2 is 1.94 bits per heavy atom. The van der Waals surface area contributed by atoms with E-state index in [4.69, 9.17) is 19.3 Å². The molecule has 0 bridgehead atoms. The van der Waals surface area contributed by atoms with E-state index in [0.29, 0.717) is 38.3 Å². The molecule has 0 radical (unpaired) electrons. The minimum absolute atomic E-state index is 0.0229. The Balaban J connectivity index is 1.41. The number of ether oxygens (including phenoxy) is 3. The van der Waals surface area contributed by atoms with Crippen LogP contribution in [-0.4, -0.2) is 60.5 Å². The van der Waals surface area contributed by atoms with Gasteiger partial charge in [0.25, 0.3) is 5.91 Å². The summed E-state index contributed by atoms with van der Waals surface area (Å²) in [5.74, 6) is 0.809. The molecule has 1 N–H and O–H groups in total. The van der Waals surface area contributed by atoms with Gasteiger partial charge in [-0.1, -0.05) is 30.3 Å². The van der Waals surface area contributed by atoms with Crippen LogP contribution in [0.5, 0.6) is 5.75 Å². The molecule has 2 aromatic carbocycles. The second kappa shape index (κ2) is 11.3. The van der Waals surface area contributed by atoms with Gasteiger partial charge in [0.2, 0.25) is 0 Å². The van der Waals surface area contributed by atoms with E-state index in [1.807, 2.05) is 43.0 Å². The Morgan fingerprint density at radius 1 is 1.18 bits per heavy atom. The van der Waals surface area contributed by atoms with Gasteiger partial charge in [0.1, 0.15) is 5.75 Å². The average molecular weight is 468 g/mol. The fourth-order valence-corrected chi connectivity index (χ4v) is 5.18.